The van der Waals surface area contributed by atoms with Crippen molar-refractivity contribution in [1.29, 1.82) is 0 Å². The van der Waals surface area contributed by atoms with E-state index in [-0.39, 0.29) is 22.3 Å². The van der Waals surface area contributed by atoms with Crippen LogP contribution in [0.5, 0.6) is 5.75 Å². The minimum absolute atomic E-state index is 0.0197. The van der Waals surface area contributed by atoms with Crippen molar-refractivity contribution in [2.45, 2.75) is 26.2 Å². The lowest BCUT2D eigenvalue weighted by atomic mass is 10.1. The Hall–Kier alpha value is -4.16. The number of nitrogens with one attached hydrogen (secondary N) is 1. The quantitative estimate of drug-likeness (QED) is 0.132. The van der Waals surface area contributed by atoms with Gasteiger partial charge in [-0.2, -0.15) is 9.78 Å². The van der Waals surface area contributed by atoms with Crippen LogP contribution in [0.2, 0.25) is 5.02 Å². The van der Waals surface area contributed by atoms with Gasteiger partial charge in [0.1, 0.15) is 11.6 Å². The maximum atomic E-state index is 13.4. The van der Waals surface area contributed by atoms with Crippen LogP contribution in [0.15, 0.2) is 69.0 Å². The highest BCUT2D eigenvalue weighted by Crippen LogP contribution is 2.34. The van der Waals surface area contributed by atoms with Crippen LogP contribution in [0.3, 0.4) is 0 Å². The van der Waals surface area contributed by atoms with Gasteiger partial charge in [-0.05, 0) is 55.0 Å². The van der Waals surface area contributed by atoms with E-state index in [9.17, 15) is 24.1 Å². The summed E-state index contributed by atoms with van der Waals surface area (Å²) in [6.07, 6.45) is 1.87. The molecule has 0 aliphatic carbocycles. The van der Waals surface area contributed by atoms with Gasteiger partial charge < -0.3 is 10.1 Å². The number of amides is 1. The molecular weight excluding hydrogens is 609 g/mol. The molecule has 1 N–H and O–H groups in total. The van der Waals surface area contributed by atoms with Crippen molar-refractivity contribution < 1.29 is 18.8 Å². The van der Waals surface area contributed by atoms with E-state index in [0.29, 0.717) is 33.3 Å². The predicted molar refractivity (Wildman–Crippen MR) is 154 cm³/mol. The second-order valence-electron chi connectivity index (χ2n) is 8.75. The summed E-state index contributed by atoms with van der Waals surface area (Å²) in [4.78, 5) is 41.6. The van der Waals surface area contributed by atoms with E-state index in [2.05, 4.69) is 31.3 Å². The molecule has 0 aliphatic heterocycles. The zero-order chi connectivity index (χ0) is 29.0. The number of hydrogen-bond acceptors (Lipinski definition) is 7. The average molecular weight is 631 g/mol. The smallest absolute Gasteiger partial charge is 0.313 e. The van der Waals surface area contributed by atoms with E-state index in [1.165, 1.54) is 36.5 Å². The summed E-state index contributed by atoms with van der Waals surface area (Å²) in [6, 6.07) is 12.7. The molecular formula is C27H22BrClFN5O5. The third kappa shape index (κ3) is 6.52. The Morgan fingerprint density at radius 3 is 2.67 bits per heavy atom. The fourth-order valence-electron chi connectivity index (χ4n) is 3.76. The number of hydrogen-bond donors (Lipinski definition) is 1. The molecule has 0 spiro atoms. The topological polar surface area (TPSA) is 129 Å². The summed E-state index contributed by atoms with van der Waals surface area (Å²) in [6.45, 7) is 3.24. The summed E-state index contributed by atoms with van der Waals surface area (Å²) in [5, 5.41) is 19.0. The van der Waals surface area contributed by atoms with Gasteiger partial charge in [0.25, 0.3) is 11.5 Å². The molecule has 4 rings (SSSR count). The summed E-state index contributed by atoms with van der Waals surface area (Å²) >= 11 is 9.50. The van der Waals surface area contributed by atoms with Crippen LogP contribution in [-0.4, -0.2) is 33.3 Å². The molecule has 40 heavy (non-hydrogen) atoms. The molecule has 206 valence electrons. The molecule has 0 radical (unpaired) electrons. The first-order chi connectivity index (χ1) is 19.1. The molecule has 1 heterocycles. The van der Waals surface area contributed by atoms with E-state index in [0.717, 1.165) is 10.7 Å². The fraction of sp³-hybridized carbons (Fsp3) is 0.185. The van der Waals surface area contributed by atoms with Gasteiger partial charge in [0, 0.05) is 32.7 Å². The molecule has 0 aliphatic rings. The SMILES string of the molecule is CC[C@H](C)c1nc2ccc(Br)cc2c(=O)n1N=Cc1cc(Cl)cc([N+](=O)[O-])c1OCC(=O)Nc1ccc(F)cc1. The molecule has 0 saturated carbocycles. The average Bonchev–Trinajstić information content (AvgIpc) is 2.92. The first-order valence-electron chi connectivity index (χ1n) is 12.0. The van der Waals surface area contributed by atoms with Gasteiger partial charge in [-0.15, -0.1) is 0 Å². The molecule has 0 fully saturated rings. The molecule has 0 saturated heterocycles. The molecule has 4 aromatic rings. The number of nitro groups is 1. The summed E-state index contributed by atoms with van der Waals surface area (Å²) in [5.74, 6) is -1.13. The number of ether oxygens (including phenoxy) is 1. The van der Waals surface area contributed by atoms with Crippen molar-refractivity contribution in [3.05, 3.63) is 102 Å². The van der Waals surface area contributed by atoms with Crippen LogP contribution in [0, 0.1) is 15.9 Å². The molecule has 0 bridgehead atoms. The highest BCUT2D eigenvalue weighted by atomic mass is 79.9. The number of nitrogens with zero attached hydrogens (tertiary/aromatic N) is 4. The molecule has 1 aromatic heterocycles. The maximum absolute atomic E-state index is 13.4. The largest absolute Gasteiger partial charge is 0.476 e. The van der Waals surface area contributed by atoms with Gasteiger partial charge in [0.05, 0.1) is 22.0 Å². The van der Waals surface area contributed by atoms with E-state index < -0.39 is 34.5 Å². The van der Waals surface area contributed by atoms with E-state index in [4.69, 9.17) is 16.3 Å². The van der Waals surface area contributed by atoms with E-state index in [1.54, 1.807) is 18.2 Å². The zero-order valence-corrected chi connectivity index (χ0v) is 23.6. The van der Waals surface area contributed by atoms with Crippen LogP contribution < -0.4 is 15.6 Å². The number of halogens is 3. The minimum atomic E-state index is -0.706. The number of anilines is 1. The summed E-state index contributed by atoms with van der Waals surface area (Å²) in [7, 11) is 0. The Kier molecular flexibility index (Phi) is 8.90. The van der Waals surface area contributed by atoms with Crippen LogP contribution >= 0.6 is 27.5 Å². The zero-order valence-electron chi connectivity index (χ0n) is 21.2. The third-order valence-corrected chi connectivity index (χ3v) is 6.65. The first kappa shape index (κ1) is 28.8. The lowest BCUT2D eigenvalue weighted by molar-refractivity contribution is -0.385. The lowest BCUT2D eigenvalue weighted by Crippen LogP contribution is -2.24. The lowest BCUT2D eigenvalue weighted by Gasteiger charge is -2.14. The Balaban J connectivity index is 1.74. The van der Waals surface area contributed by atoms with Crippen molar-refractivity contribution in [1.82, 2.24) is 9.66 Å². The Labute approximate surface area is 240 Å². The maximum Gasteiger partial charge on any atom is 0.313 e. The number of fused-ring (bicyclic) bond motifs is 1. The number of nitro benzene ring substituents is 1. The van der Waals surface area contributed by atoms with Crippen molar-refractivity contribution in [3.8, 4) is 5.75 Å². The van der Waals surface area contributed by atoms with E-state index >= 15 is 0 Å². The third-order valence-electron chi connectivity index (χ3n) is 5.93. The van der Waals surface area contributed by atoms with Gasteiger partial charge in [0.15, 0.2) is 6.61 Å². The molecule has 10 nitrogen and oxygen atoms in total. The second kappa shape index (κ2) is 12.3. The standard InChI is InChI=1S/C27H22BrClFN5O5/c1-3-15(2)26-33-22-9-4-17(28)11-21(22)27(37)34(26)31-13-16-10-18(29)12-23(35(38)39)25(16)40-14-24(36)32-20-7-5-19(30)6-8-20/h4-13,15H,3,14H2,1-2H3,(H,32,36)/t15-/m0/s1. The summed E-state index contributed by atoms with van der Waals surface area (Å²) < 4.78 is 20.5. The predicted octanol–water partition coefficient (Wildman–Crippen LogP) is 6.27. The van der Waals surface area contributed by atoms with Gasteiger partial charge in [0.2, 0.25) is 5.75 Å². The van der Waals surface area contributed by atoms with Gasteiger partial charge in [-0.25, -0.2) is 9.37 Å². The van der Waals surface area contributed by atoms with Gasteiger partial charge in [-0.1, -0.05) is 41.4 Å². The second-order valence-corrected chi connectivity index (χ2v) is 10.1. The molecule has 1 atom stereocenters. The number of carbonyl (C=O) groups excluding carboxylic acids is 1. The Bertz CT molecular complexity index is 1690. The van der Waals surface area contributed by atoms with Crippen LogP contribution in [0.4, 0.5) is 15.8 Å². The molecule has 13 heteroatoms. The number of carbonyl (C=O) groups is 1. The highest BCUT2D eigenvalue weighted by Gasteiger charge is 2.22. The number of aromatic nitrogens is 2. The minimum Gasteiger partial charge on any atom is -0.476 e. The normalized spacial score (nSPS) is 12.0. The molecule has 0 unspecified atom stereocenters. The number of benzene rings is 3. The van der Waals surface area contributed by atoms with Gasteiger partial charge in [-0.3, -0.25) is 19.7 Å². The van der Waals surface area contributed by atoms with Crippen LogP contribution in [0.1, 0.15) is 37.6 Å². The van der Waals surface area contributed by atoms with Crippen molar-refractivity contribution >= 4 is 61.9 Å². The van der Waals surface area contributed by atoms with Crippen LogP contribution in [0.25, 0.3) is 10.9 Å². The van der Waals surface area contributed by atoms with Crippen molar-refractivity contribution in [2.75, 3.05) is 11.9 Å². The van der Waals surface area contributed by atoms with Gasteiger partial charge >= 0.3 is 5.69 Å². The Morgan fingerprint density at radius 2 is 2.00 bits per heavy atom. The van der Waals surface area contributed by atoms with Crippen molar-refractivity contribution in [2.24, 2.45) is 5.10 Å². The monoisotopic (exact) mass is 629 g/mol. The summed E-state index contributed by atoms with van der Waals surface area (Å²) in [5.41, 5.74) is -0.0569. The fourth-order valence-corrected chi connectivity index (χ4v) is 4.34. The van der Waals surface area contributed by atoms with E-state index in [1.807, 2.05) is 13.8 Å². The molecule has 3 aromatic carbocycles. The van der Waals surface area contributed by atoms with Crippen molar-refractivity contribution in [3.63, 3.8) is 0 Å². The first-order valence-corrected chi connectivity index (χ1v) is 13.2. The molecule has 1 amide bonds. The highest BCUT2D eigenvalue weighted by molar-refractivity contribution is 9.10. The Morgan fingerprint density at radius 1 is 1.27 bits per heavy atom. The number of rotatable bonds is 9. The van der Waals surface area contributed by atoms with Crippen LogP contribution in [-0.2, 0) is 4.79 Å².